The molecule has 0 bridgehead atoms. The first-order chi connectivity index (χ1) is 19.4. The van der Waals surface area contributed by atoms with Gasteiger partial charge >= 0.3 is 0 Å². The number of carboxylic acid groups (broad SMARTS) is 2. The number of rotatable bonds is 7. The molecule has 0 spiro atoms. The van der Waals surface area contributed by atoms with Crippen molar-refractivity contribution in [3.63, 3.8) is 0 Å². The largest absolute Gasteiger partial charge is 0.483 e. The van der Waals surface area contributed by atoms with Gasteiger partial charge in [-0.3, -0.25) is 19.1 Å². The van der Waals surface area contributed by atoms with Gasteiger partial charge in [0.25, 0.3) is 12.9 Å². The molecule has 4 N–H and O–H groups in total. The van der Waals surface area contributed by atoms with Crippen LogP contribution in [-0.2, 0) is 21.4 Å². The maximum Gasteiger partial charge on any atom is 0.290 e. The van der Waals surface area contributed by atoms with Gasteiger partial charge in [0, 0.05) is 50.6 Å². The third kappa shape index (κ3) is 8.27. The van der Waals surface area contributed by atoms with Crippen molar-refractivity contribution in [2.24, 2.45) is 13.0 Å². The van der Waals surface area contributed by atoms with Crippen molar-refractivity contribution in [1.82, 2.24) is 25.0 Å². The second kappa shape index (κ2) is 15.2. The Morgan fingerprint density at radius 2 is 1.88 bits per heavy atom. The minimum atomic E-state index is -0.250. The van der Waals surface area contributed by atoms with Crippen molar-refractivity contribution in [3.8, 4) is 17.0 Å². The van der Waals surface area contributed by atoms with E-state index in [-0.39, 0.29) is 31.0 Å². The van der Waals surface area contributed by atoms with Crippen LogP contribution in [0, 0.1) is 5.92 Å². The summed E-state index contributed by atoms with van der Waals surface area (Å²) in [7, 11) is 3.80. The highest BCUT2D eigenvalue weighted by Gasteiger charge is 2.30. The van der Waals surface area contributed by atoms with E-state index < -0.39 is 0 Å². The molecule has 2 aromatic heterocycles. The predicted molar refractivity (Wildman–Crippen MR) is 149 cm³/mol. The third-order valence-corrected chi connectivity index (χ3v) is 6.86. The van der Waals surface area contributed by atoms with Gasteiger partial charge in [-0.1, -0.05) is 30.3 Å². The SMILES string of the molecule is CN1CCC(CCN[C@H](c2ccccc2)[C@@H]2CNc3cc(-c4cnn(C)c4)cnc3O2)CC1=O.O=CO.O=CO. The molecule has 1 saturated heterocycles. The number of nitrogens with one attached hydrogen (secondary N) is 2. The molecule has 0 radical (unpaired) electrons. The summed E-state index contributed by atoms with van der Waals surface area (Å²) in [5.41, 5.74) is 4.11. The van der Waals surface area contributed by atoms with Crippen LogP contribution in [-0.4, -0.2) is 81.5 Å². The molecule has 2 aliphatic heterocycles. The molecule has 2 aliphatic rings. The highest BCUT2D eigenvalue weighted by atomic mass is 16.5. The van der Waals surface area contributed by atoms with Crippen LogP contribution in [0.15, 0.2) is 55.0 Å². The molecule has 3 aromatic rings. The molecular weight excluding hydrogens is 516 g/mol. The Morgan fingerprint density at radius 3 is 2.52 bits per heavy atom. The van der Waals surface area contributed by atoms with Crippen molar-refractivity contribution in [2.75, 3.05) is 32.0 Å². The van der Waals surface area contributed by atoms with Crippen LogP contribution in [0.5, 0.6) is 5.88 Å². The van der Waals surface area contributed by atoms with E-state index in [4.69, 9.17) is 24.5 Å². The summed E-state index contributed by atoms with van der Waals surface area (Å²) >= 11 is 0. The molecular formula is C28H36N6O6. The first-order valence-electron chi connectivity index (χ1n) is 13.0. The molecule has 1 unspecified atom stereocenters. The second-order valence-corrected chi connectivity index (χ2v) is 9.53. The number of hydrogen-bond acceptors (Lipinski definition) is 8. The molecule has 3 atom stereocenters. The summed E-state index contributed by atoms with van der Waals surface area (Å²) in [5, 5.41) is 25.3. The number of aryl methyl sites for hydroxylation is 1. The topological polar surface area (TPSA) is 159 Å². The van der Waals surface area contributed by atoms with Crippen molar-refractivity contribution in [2.45, 2.75) is 31.4 Å². The lowest BCUT2D eigenvalue weighted by Gasteiger charge is -2.34. The zero-order chi connectivity index (χ0) is 28.9. The van der Waals surface area contributed by atoms with Gasteiger partial charge in [0.15, 0.2) is 0 Å². The van der Waals surface area contributed by atoms with Gasteiger partial charge in [-0.2, -0.15) is 5.10 Å². The van der Waals surface area contributed by atoms with Crippen LogP contribution < -0.4 is 15.4 Å². The number of aromatic nitrogens is 3. The van der Waals surface area contributed by atoms with E-state index in [2.05, 4.69) is 51.0 Å². The van der Waals surface area contributed by atoms with Crippen LogP contribution in [0.3, 0.4) is 0 Å². The Kier molecular flexibility index (Phi) is 11.5. The number of likely N-dealkylation sites (tertiary alicyclic amines) is 1. The van der Waals surface area contributed by atoms with Gasteiger partial charge < -0.3 is 30.5 Å². The van der Waals surface area contributed by atoms with Crippen LogP contribution in [0.25, 0.3) is 11.1 Å². The maximum absolute atomic E-state index is 12.1. The lowest BCUT2D eigenvalue weighted by molar-refractivity contribution is -0.133. The molecule has 4 heterocycles. The lowest BCUT2D eigenvalue weighted by Crippen LogP contribution is -2.43. The van der Waals surface area contributed by atoms with E-state index in [9.17, 15) is 4.79 Å². The number of piperidine rings is 1. The van der Waals surface area contributed by atoms with Gasteiger partial charge in [-0.05, 0) is 36.9 Å². The van der Waals surface area contributed by atoms with Crippen molar-refractivity contribution >= 4 is 24.5 Å². The quantitative estimate of drug-likeness (QED) is 0.321. The molecule has 5 rings (SSSR count). The van der Waals surface area contributed by atoms with E-state index >= 15 is 0 Å². The summed E-state index contributed by atoms with van der Waals surface area (Å²) in [4.78, 5) is 35.2. The molecule has 40 heavy (non-hydrogen) atoms. The second-order valence-electron chi connectivity index (χ2n) is 9.53. The summed E-state index contributed by atoms with van der Waals surface area (Å²) < 4.78 is 8.18. The van der Waals surface area contributed by atoms with Crippen LogP contribution in [0.2, 0.25) is 0 Å². The summed E-state index contributed by atoms with van der Waals surface area (Å²) in [5.74, 6) is 1.31. The number of nitrogens with zero attached hydrogens (tertiary/aromatic N) is 4. The van der Waals surface area contributed by atoms with Crippen LogP contribution >= 0.6 is 0 Å². The fourth-order valence-electron chi connectivity index (χ4n) is 4.80. The minimum Gasteiger partial charge on any atom is -0.483 e. The number of pyridine rings is 1. The molecule has 1 fully saturated rings. The number of carbonyl (C=O) groups excluding carboxylic acids is 1. The van der Waals surface area contributed by atoms with Gasteiger partial charge in [-0.15, -0.1) is 0 Å². The molecule has 0 aliphatic carbocycles. The Balaban J connectivity index is 0.000000676. The molecule has 0 saturated carbocycles. The lowest BCUT2D eigenvalue weighted by atomic mass is 9.92. The molecule has 1 aromatic carbocycles. The van der Waals surface area contributed by atoms with Crippen molar-refractivity contribution in [3.05, 3.63) is 60.6 Å². The third-order valence-electron chi connectivity index (χ3n) is 6.86. The van der Waals surface area contributed by atoms with Crippen LogP contribution in [0.4, 0.5) is 5.69 Å². The number of amides is 1. The summed E-state index contributed by atoms with van der Waals surface area (Å²) in [6.07, 6.45) is 8.23. The summed E-state index contributed by atoms with van der Waals surface area (Å²) in [6, 6.07) is 12.5. The molecule has 12 heteroatoms. The number of carbonyl (C=O) groups is 3. The van der Waals surface area contributed by atoms with E-state index in [1.165, 1.54) is 5.56 Å². The zero-order valence-corrected chi connectivity index (χ0v) is 22.6. The first kappa shape index (κ1) is 30.1. The number of fused-ring (bicyclic) bond motifs is 1. The monoisotopic (exact) mass is 552 g/mol. The number of hydrogen-bond donors (Lipinski definition) is 4. The van der Waals surface area contributed by atoms with E-state index in [0.717, 1.165) is 42.7 Å². The Labute approximate surface area is 233 Å². The number of benzene rings is 1. The summed E-state index contributed by atoms with van der Waals surface area (Å²) in [6.45, 7) is 1.86. The van der Waals surface area contributed by atoms with Gasteiger partial charge in [0.05, 0.1) is 24.5 Å². The van der Waals surface area contributed by atoms with Gasteiger partial charge in [0.1, 0.15) is 6.10 Å². The van der Waals surface area contributed by atoms with E-state index in [1.807, 2.05) is 43.7 Å². The highest BCUT2D eigenvalue weighted by Crippen LogP contribution is 2.34. The predicted octanol–water partition coefficient (Wildman–Crippen LogP) is 2.65. The Bertz CT molecular complexity index is 1230. The molecule has 1 amide bonds. The van der Waals surface area contributed by atoms with Crippen molar-refractivity contribution in [1.29, 1.82) is 0 Å². The normalized spacial score (nSPS) is 18.4. The van der Waals surface area contributed by atoms with Gasteiger partial charge in [-0.25, -0.2) is 4.98 Å². The fraction of sp³-hybridized carbons (Fsp3) is 0.393. The highest BCUT2D eigenvalue weighted by molar-refractivity contribution is 5.76. The standard InChI is InChI=1S/C26H32N6O2.2CH2O2/c1-31-11-9-18(12-24(31)33)8-10-27-25(19-6-4-3-5-7-19)23-16-28-22-13-20(14-29-26(22)34-23)21-15-30-32(2)17-21;2*2-1-3/h3-7,13-15,17-18,23,25,27-28H,8-12,16H2,1-2H3;2*1H,(H,2,3)/t18?,23-,25+;;/m0../s1. The Hall–Kier alpha value is -4.45. The zero-order valence-electron chi connectivity index (χ0n) is 22.6. The average molecular weight is 553 g/mol. The number of anilines is 1. The molecule has 12 nitrogen and oxygen atoms in total. The van der Waals surface area contributed by atoms with Crippen LogP contribution in [0.1, 0.15) is 30.9 Å². The maximum atomic E-state index is 12.1. The number of ether oxygens (including phenoxy) is 1. The molecule has 214 valence electrons. The van der Waals surface area contributed by atoms with E-state index in [1.54, 1.807) is 4.68 Å². The smallest absolute Gasteiger partial charge is 0.290 e. The fourth-order valence-corrected chi connectivity index (χ4v) is 4.80. The average Bonchev–Trinajstić information content (AvgIpc) is 3.40. The Morgan fingerprint density at radius 1 is 1.15 bits per heavy atom. The van der Waals surface area contributed by atoms with E-state index in [0.29, 0.717) is 24.8 Å². The first-order valence-corrected chi connectivity index (χ1v) is 13.0. The van der Waals surface area contributed by atoms with Gasteiger partial charge in [0.2, 0.25) is 11.8 Å². The van der Waals surface area contributed by atoms with Crippen molar-refractivity contribution < 1.29 is 29.3 Å². The minimum absolute atomic E-state index is 0.0172.